The first-order chi connectivity index (χ1) is 13.2. The van der Waals surface area contributed by atoms with Gasteiger partial charge in [-0.05, 0) is 55.9 Å². The zero-order chi connectivity index (χ0) is 18.9. The van der Waals surface area contributed by atoms with Gasteiger partial charge in [-0.3, -0.25) is 0 Å². The highest BCUT2D eigenvalue weighted by Crippen LogP contribution is 2.22. The standard InChI is InChI=1S/C20H26N4O3/c1-26-17-7-3-15(4-8-17)11-14-21-19(25)24-16-5-9-18(10-6-16)27-20-22-12-2-13-23-20/h2-4,7-8,12-13,16,18H,5-6,9-11,14H2,1H3,(H2,21,24,25). The van der Waals surface area contributed by atoms with Gasteiger partial charge in [-0.1, -0.05) is 12.1 Å². The summed E-state index contributed by atoms with van der Waals surface area (Å²) < 4.78 is 10.9. The fourth-order valence-electron chi connectivity index (χ4n) is 3.17. The molecule has 0 saturated heterocycles. The van der Waals surface area contributed by atoms with Gasteiger partial charge >= 0.3 is 12.0 Å². The van der Waals surface area contributed by atoms with E-state index >= 15 is 0 Å². The minimum absolute atomic E-state index is 0.112. The van der Waals surface area contributed by atoms with Crippen LogP contribution in [0.1, 0.15) is 31.2 Å². The Hall–Kier alpha value is -2.83. The molecule has 3 rings (SSSR count). The van der Waals surface area contributed by atoms with Crippen LogP contribution in [0.5, 0.6) is 11.8 Å². The third-order valence-corrected chi connectivity index (χ3v) is 4.68. The second kappa shape index (κ2) is 9.75. The molecule has 0 atom stereocenters. The number of urea groups is 1. The summed E-state index contributed by atoms with van der Waals surface area (Å²) in [5.41, 5.74) is 1.16. The molecule has 2 N–H and O–H groups in total. The summed E-state index contributed by atoms with van der Waals surface area (Å²) >= 11 is 0. The van der Waals surface area contributed by atoms with Crippen LogP contribution in [0.2, 0.25) is 0 Å². The maximum atomic E-state index is 12.1. The lowest BCUT2D eigenvalue weighted by Gasteiger charge is -2.28. The van der Waals surface area contributed by atoms with Crippen LogP contribution in [0.3, 0.4) is 0 Å². The van der Waals surface area contributed by atoms with Crippen molar-refractivity contribution in [3.8, 4) is 11.8 Å². The number of nitrogens with one attached hydrogen (secondary N) is 2. The number of carbonyl (C=O) groups excluding carboxylic acids is 1. The number of aromatic nitrogens is 2. The van der Waals surface area contributed by atoms with Crippen molar-refractivity contribution in [3.05, 3.63) is 48.3 Å². The number of rotatable bonds is 7. The first-order valence-electron chi connectivity index (χ1n) is 9.34. The Morgan fingerprint density at radius 3 is 2.48 bits per heavy atom. The van der Waals surface area contributed by atoms with Crippen LogP contribution in [0.15, 0.2) is 42.7 Å². The Bertz CT molecular complexity index is 701. The van der Waals surface area contributed by atoms with Crippen molar-refractivity contribution < 1.29 is 14.3 Å². The van der Waals surface area contributed by atoms with Crippen molar-refractivity contribution in [2.24, 2.45) is 0 Å². The van der Waals surface area contributed by atoms with E-state index in [-0.39, 0.29) is 18.2 Å². The summed E-state index contributed by atoms with van der Waals surface area (Å²) in [5.74, 6) is 0.836. The lowest BCUT2D eigenvalue weighted by atomic mass is 9.93. The fourth-order valence-corrected chi connectivity index (χ4v) is 3.17. The minimum Gasteiger partial charge on any atom is -0.497 e. The van der Waals surface area contributed by atoms with Crippen molar-refractivity contribution in [1.29, 1.82) is 0 Å². The summed E-state index contributed by atoms with van der Waals surface area (Å²) in [6, 6.07) is 10.1. The SMILES string of the molecule is COc1ccc(CCNC(=O)NC2CCC(Oc3ncccn3)CC2)cc1. The number of hydrogen-bond donors (Lipinski definition) is 2. The molecule has 1 aromatic heterocycles. The van der Waals surface area contributed by atoms with Gasteiger partial charge in [0, 0.05) is 25.0 Å². The van der Waals surface area contributed by atoms with E-state index in [0.717, 1.165) is 43.4 Å². The van der Waals surface area contributed by atoms with Gasteiger partial charge in [0.05, 0.1) is 7.11 Å². The normalized spacial score (nSPS) is 19.1. The predicted octanol–water partition coefficient (Wildman–Crippen LogP) is 2.72. The molecular weight excluding hydrogens is 344 g/mol. The molecule has 2 aromatic rings. The second-order valence-corrected chi connectivity index (χ2v) is 6.62. The van der Waals surface area contributed by atoms with Crippen molar-refractivity contribution in [1.82, 2.24) is 20.6 Å². The van der Waals surface area contributed by atoms with Crippen LogP contribution < -0.4 is 20.1 Å². The summed E-state index contributed by atoms with van der Waals surface area (Å²) in [5, 5.41) is 5.98. The minimum atomic E-state index is -0.112. The summed E-state index contributed by atoms with van der Waals surface area (Å²) in [6.45, 7) is 0.599. The zero-order valence-electron chi connectivity index (χ0n) is 15.6. The van der Waals surface area contributed by atoms with Gasteiger partial charge in [0.2, 0.25) is 0 Å². The Labute approximate surface area is 159 Å². The number of benzene rings is 1. The molecule has 144 valence electrons. The van der Waals surface area contributed by atoms with Gasteiger partial charge in [0.1, 0.15) is 11.9 Å². The Balaban J connectivity index is 1.32. The molecule has 0 unspecified atom stereocenters. The fraction of sp³-hybridized carbons (Fsp3) is 0.450. The molecule has 1 fully saturated rings. The molecule has 7 heteroatoms. The quantitative estimate of drug-likeness (QED) is 0.783. The van der Waals surface area contributed by atoms with Crippen LogP contribution in [0.4, 0.5) is 4.79 Å². The van der Waals surface area contributed by atoms with Gasteiger partial charge < -0.3 is 20.1 Å². The van der Waals surface area contributed by atoms with E-state index in [9.17, 15) is 4.79 Å². The predicted molar refractivity (Wildman–Crippen MR) is 102 cm³/mol. The Morgan fingerprint density at radius 2 is 1.81 bits per heavy atom. The van der Waals surface area contributed by atoms with Gasteiger partial charge in [0.15, 0.2) is 0 Å². The summed E-state index contributed by atoms with van der Waals surface area (Å²) in [4.78, 5) is 20.3. The van der Waals surface area contributed by atoms with Crippen molar-refractivity contribution in [2.75, 3.05) is 13.7 Å². The first kappa shape index (κ1) is 18.9. The van der Waals surface area contributed by atoms with Crippen molar-refractivity contribution in [3.63, 3.8) is 0 Å². The van der Waals surface area contributed by atoms with E-state index < -0.39 is 0 Å². The molecule has 0 bridgehead atoms. The van der Waals surface area contributed by atoms with E-state index in [4.69, 9.17) is 9.47 Å². The van der Waals surface area contributed by atoms with Crippen LogP contribution in [-0.4, -0.2) is 41.8 Å². The topological polar surface area (TPSA) is 85.4 Å². The van der Waals surface area contributed by atoms with Gasteiger partial charge in [-0.25, -0.2) is 14.8 Å². The smallest absolute Gasteiger partial charge is 0.316 e. The first-order valence-corrected chi connectivity index (χ1v) is 9.34. The van der Waals surface area contributed by atoms with Crippen LogP contribution in [0.25, 0.3) is 0 Å². The highest BCUT2D eigenvalue weighted by molar-refractivity contribution is 5.74. The van der Waals surface area contributed by atoms with Crippen LogP contribution >= 0.6 is 0 Å². The largest absolute Gasteiger partial charge is 0.497 e. The van der Waals surface area contributed by atoms with E-state index in [1.54, 1.807) is 25.6 Å². The lowest BCUT2D eigenvalue weighted by molar-refractivity contribution is 0.129. The molecule has 0 aliphatic heterocycles. The van der Waals surface area contributed by atoms with Gasteiger partial charge in [0.25, 0.3) is 0 Å². The van der Waals surface area contributed by atoms with Gasteiger partial charge in [-0.15, -0.1) is 0 Å². The highest BCUT2D eigenvalue weighted by Gasteiger charge is 2.24. The van der Waals surface area contributed by atoms with Gasteiger partial charge in [-0.2, -0.15) is 0 Å². The van der Waals surface area contributed by atoms with Crippen molar-refractivity contribution in [2.45, 2.75) is 44.2 Å². The van der Waals surface area contributed by atoms with E-state index in [0.29, 0.717) is 12.6 Å². The third-order valence-electron chi connectivity index (χ3n) is 4.68. The van der Waals surface area contributed by atoms with E-state index in [2.05, 4.69) is 20.6 Å². The molecule has 1 aliphatic carbocycles. The van der Waals surface area contributed by atoms with E-state index in [1.165, 1.54) is 0 Å². The number of carbonyl (C=O) groups is 1. The molecular formula is C20H26N4O3. The number of hydrogen-bond acceptors (Lipinski definition) is 5. The van der Waals surface area contributed by atoms with Crippen LogP contribution in [0, 0.1) is 0 Å². The summed E-state index contributed by atoms with van der Waals surface area (Å²) in [6.07, 6.45) is 7.80. The molecule has 2 amide bonds. The zero-order valence-corrected chi connectivity index (χ0v) is 15.6. The monoisotopic (exact) mass is 370 g/mol. The molecule has 0 radical (unpaired) electrons. The molecule has 1 aromatic carbocycles. The number of nitrogens with zero attached hydrogens (tertiary/aromatic N) is 2. The highest BCUT2D eigenvalue weighted by atomic mass is 16.5. The molecule has 27 heavy (non-hydrogen) atoms. The average molecular weight is 370 g/mol. The number of amides is 2. The molecule has 0 spiro atoms. The summed E-state index contributed by atoms with van der Waals surface area (Å²) in [7, 11) is 1.65. The lowest BCUT2D eigenvalue weighted by Crippen LogP contribution is -2.45. The third kappa shape index (κ3) is 6.13. The number of ether oxygens (including phenoxy) is 2. The maximum Gasteiger partial charge on any atom is 0.316 e. The molecule has 7 nitrogen and oxygen atoms in total. The molecule has 1 aliphatic rings. The molecule has 1 heterocycles. The Kier molecular flexibility index (Phi) is 6.84. The Morgan fingerprint density at radius 1 is 1.11 bits per heavy atom. The molecule has 1 saturated carbocycles. The van der Waals surface area contributed by atoms with E-state index in [1.807, 2.05) is 24.3 Å². The van der Waals surface area contributed by atoms with Crippen LogP contribution in [-0.2, 0) is 6.42 Å². The average Bonchev–Trinajstić information content (AvgIpc) is 2.71. The van der Waals surface area contributed by atoms with Crippen molar-refractivity contribution >= 4 is 6.03 Å². The number of methoxy groups -OCH3 is 1. The maximum absolute atomic E-state index is 12.1. The second-order valence-electron chi connectivity index (χ2n) is 6.62.